The number of nitrogens with zero attached hydrogens (tertiary/aromatic N) is 3. The van der Waals surface area contributed by atoms with Gasteiger partial charge in [0.1, 0.15) is 4.90 Å². The minimum atomic E-state index is -3.67. The summed E-state index contributed by atoms with van der Waals surface area (Å²) in [5, 5.41) is 4.13. The van der Waals surface area contributed by atoms with Crippen LogP contribution >= 0.6 is 24.0 Å². The number of sulfonamides is 1. The van der Waals surface area contributed by atoms with Gasteiger partial charge in [-0.05, 0) is 31.0 Å². The lowest BCUT2D eigenvalue weighted by atomic mass is 9.99. The van der Waals surface area contributed by atoms with Crippen molar-refractivity contribution in [2.24, 2.45) is 5.73 Å². The lowest BCUT2D eigenvalue weighted by Gasteiger charge is -2.17. The van der Waals surface area contributed by atoms with Gasteiger partial charge in [-0.15, -0.1) is 12.4 Å². The zero-order valence-electron chi connectivity index (χ0n) is 13.9. The minimum absolute atomic E-state index is 0. The molecule has 1 saturated carbocycles. The largest absolute Gasteiger partial charge is 0.334 e. The van der Waals surface area contributed by atoms with Crippen LogP contribution in [0.3, 0.4) is 0 Å². The van der Waals surface area contributed by atoms with Crippen molar-refractivity contribution in [3.8, 4) is 11.5 Å². The molecule has 25 heavy (non-hydrogen) atoms. The fraction of sp³-hybridized carbons (Fsp3) is 0.467. The van der Waals surface area contributed by atoms with Crippen molar-refractivity contribution >= 4 is 34.0 Å². The van der Waals surface area contributed by atoms with Crippen LogP contribution in [0.25, 0.3) is 11.5 Å². The van der Waals surface area contributed by atoms with Gasteiger partial charge in [-0.1, -0.05) is 29.6 Å². The van der Waals surface area contributed by atoms with Crippen molar-refractivity contribution in [3.05, 3.63) is 29.0 Å². The van der Waals surface area contributed by atoms with Crippen LogP contribution in [0.4, 0.5) is 0 Å². The fourth-order valence-electron chi connectivity index (χ4n) is 2.80. The molecule has 0 saturated heterocycles. The van der Waals surface area contributed by atoms with Crippen molar-refractivity contribution in [2.75, 3.05) is 14.1 Å². The van der Waals surface area contributed by atoms with Crippen molar-refractivity contribution in [3.63, 3.8) is 0 Å². The average molecular weight is 407 g/mol. The third-order valence-corrected chi connectivity index (χ3v) is 6.60. The van der Waals surface area contributed by atoms with Gasteiger partial charge in [-0.25, -0.2) is 12.7 Å². The predicted octanol–water partition coefficient (Wildman–Crippen LogP) is 2.79. The molecule has 10 heteroatoms. The van der Waals surface area contributed by atoms with Crippen molar-refractivity contribution in [2.45, 2.75) is 36.1 Å². The van der Waals surface area contributed by atoms with Gasteiger partial charge in [-0.2, -0.15) is 4.98 Å². The lowest BCUT2D eigenvalue weighted by molar-refractivity contribution is 0.372. The molecule has 3 rings (SSSR count). The second-order valence-electron chi connectivity index (χ2n) is 6.22. The highest BCUT2D eigenvalue weighted by Crippen LogP contribution is 2.36. The molecule has 0 unspecified atom stereocenters. The quantitative estimate of drug-likeness (QED) is 0.836. The van der Waals surface area contributed by atoms with Crippen molar-refractivity contribution in [1.29, 1.82) is 0 Å². The zero-order valence-corrected chi connectivity index (χ0v) is 16.3. The molecule has 0 amide bonds. The van der Waals surface area contributed by atoms with E-state index in [9.17, 15) is 8.42 Å². The van der Waals surface area contributed by atoms with E-state index in [-0.39, 0.29) is 28.2 Å². The molecule has 1 aliphatic carbocycles. The number of rotatable bonds is 4. The van der Waals surface area contributed by atoms with E-state index in [1.165, 1.54) is 26.2 Å². The Morgan fingerprint density at radius 2 is 1.92 bits per heavy atom. The topological polar surface area (TPSA) is 102 Å². The number of hydrogen-bond acceptors (Lipinski definition) is 6. The predicted molar refractivity (Wildman–Crippen MR) is 97.2 cm³/mol. The molecule has 0 bridgehead atoms. The maximum atomic E-state index is 12.4. The van der Waals surface area contributed by atoms with Gasteiger partial charge in [0.2, 0.25) is 10.0 Å². The molecule has 7 nitrogen and oxygen atoms in total. The van der Waals surface area contributed by atoms with Crippen LogP contribution in [0.5, 0.6) is 0 Å². The molecule has 1 aromatic heterocycles. The second kappa shape index (κ2) is 7.20. The van der Waals surface area contributed by atoms with Gasteiger partial charge in [0.05, 0.1) is 10.6 Å². The van der Waals surface area contributed by atoms with Crippen LogP contribution in [-0.2, 0) is 15.6 Å². The van der Waals surface area contributed by atoms with Crippen LogP contribution in [0.15, 0.2) is 27.6 Å². The summed E-state index contributed by atoms with van der Waals surface area (Å²) in [4.78, 5) is 4.37. The van der Waals surface area contributed by atoms with Crippen molar-refractivity contribution in [1.82, 2.24) is 14.4 Å². The van der Waals surface area contributed by atoms with Gasteiger partial charge in [0.25, 0.3) is 5.89 Å². The molecule has 0 spiro atoms. The maximum absolute atomic E-state index is 12.4. The Labute approximate surface area is 158 Å². The van der Waals surface area contributed by atoms with E-state index >= 15 is 0 Å². The van der Waals surface area contributed by atoms with E-state index in [0.717, 1.165) is 30.0 Å². The summed E-state index contributed by atoms with van der Waals surface area (Å²) in [6.07, 6.45) is 3.69. The van der Waals surface area contributed by atoms with E-state index in [1.54, 1.807) is 6.07 Å². The molecule has 0 radical (unpaired) electrons. The molecule has 0 atom stereocenters. The van der Waals surface area contributed by atoms with Gasteiger partial charge < -0.3 is 10.3 Å². The SMILES string of the molecule is CN(C)S(=O)(=O)c1cc(-c2nc(C3(N)CCCC3)no2)ccc1Cl.Cl. The Hall–Kier alpha value is -1.19. The van der Waals surface area contributed by atoms with Crippen molar-refractivity contribution < 1.29 is 12.9 Å². The molecule has 1 fully saturated rings. The number of aromatic nitrogens is 2. The molecular weight excluding hydrogens is 387 g/mol. The van der Waals surface area contributed by atoms with Gasteiger partial charge in [-0.3, -0.25) is 0 Å². The van der Waals surface area contributed by atoms with E-state index in [1.807, 2.05) is 0 Å². The minimum Gasteiger partial charge on any atom is -0.334 e. The normalized spacial score (nSPS) is 16.8. The molecule has 2 aromatic rings. The van der Waals surface area contributed by atoms with E-state index in [0.29, 0.717) is 11.4 Å². The number of benzene rings is 1. The number of halogens is 2. The van der Waals surface area contributed by atoms with Crippen LogP contribution in [-0.4, -0.2) is 37.0 Å². The lowest BCUT2D eigenvalue weighted by Crippen LogP contribution is -2.34. The summed E-state index contributed by atoms with van der Waals surface area (Å²) in [5.74, 6) is 0.690. The molecule has 1 aromatic carbocycles. The monoisotopic (exact) mass is 406 g/mol. The summed E-state index contributed by atoms with van der Waals surface area (Å²) in [5.41, 5.74) is 6.25. The Morgan fingerprint density at radius 1 is 1.28 bits per heavy atom. The number of nitrogens with two attached hydrogens (primary N) is 1. The summed E-state index contributed by atoms with van der Waals surface area (Å²) < 4.78 is 31.1. The van der Waals surface area contributed by atoms with Crippen LogP contribution in [0.2, 0.25) is 5.02 Å². The maximum Gasteiger partial charge on any atom is 0.258 e. The molecule has 1 aliphatic rings. The number of hydrogen-bond donors (Lipinski definition) is 1. The fourth-order valence-corrected chi connectivity index (χ4v) is 4.20. The summed E-state index contributed by atoms with van der Waals surface area (Å²) >= 11 is 6.05. The van der Waals surface area contributed by atoms with Crippen LogP contribution < -0.4 is 5.73 Å². The standard InChI is InChI=1S/C15H19ClN4O3S.ClH/c1-20(2)24(21,22)12-9-10(5-6-11(12)16)13-18-14(19-23-13)15(17)7-3-4-8-15;/h5-6,9H,3-4,7-8,17H2,1-2H3;1H. The molecule has 1 heterocycles. The second-order valence-corrected chi connectivity index (χ2v) is 8.75. The summed E-state index contributed by atoms with van der Waals surface area (Å²) in [6.45, 7) is 0. The third kappa shape index (κ3) is 3.68. The first-order chi connectivity index (χ1) is 11.2. The average Bonchev–Trinajstić information content (AvgIpc) is 3.17. The Morgan fingerprint density at radius 3 is 2.52 bits per heavy atom. The highest BCUT2D eigenvalue weighted by molar-refractivity contribution is 7.89. The first kappa shape index (κ1) is 20.1. The molecule has 2 N–H and O–H groups in total. The van der Waals surface area contributed by atoms with Gasteiger partial charge in [0, 0.05) is 19.7 Å². The Bertz CT molecular complexity index is 861. The molecule has 138 valence electrons. The third-order valence-electron chi connectivity index (χ3n) is 4.30. The van der Waals surface area contributed by atoms with E-state index in [2.05, 4.69) is 10.1 Å². The van der Waals surface area contributed by atoms with Gasteiger partial charge in [0.15, 0.2) is 5.82 Å². The summed E-state index contributed by atoms with van der Waals surface area (Å²) in [6, 6.07) is 4.59. The highest BCUT2D eigenvalue weighted by atomic mass is 35.5. The first-order valence-corrected chi connectivity index (χ1v) is 9.41. The molecular formula is C15H20Cl2N4O3S. The zero-order chi connectivity index (χ0) is 17.5. The highest BCUT2D eigenvalue weighted by Gasteiger charge is 2.36. The Kier molecular flexibility index (Phi) is 5.80. The first-order valence-electron chi connectivity index (χ1n) is 7.59. The summed E-state index contributed by atoms with van der Waals surface area (Å²) in [7, 11) is -0.780. The molecule has 0 aliphatic heterocycles. The van der Waals surface area contributed by atoms with E-state index < -0.39 is 15.6 Å². The van der Waals surface area contributed by atoms with Crippen LogP contribution in [0, 0.1) is 0 Å². The Balaban J connectivity index is 0.00000225. The smallest absolute Gasteiger partial charge is 0.258 e. The van der Waals surface area contributed by atoms with Crippen LogP contribution in [0.1, 0.15) is 31.5 Å². The van der Waals surface area contributed by atoms with Gasteiger partial charge >= 0.3 is 0 Å². The van der Waals surface area contributed by atoms with E-state index in [4.69, 9.17) is 21.9 Å².